The minimum Gasteiger partial charge on any atom is -0.409 e. The third kappa shape index (κ3) is 5.94. The van der Waals surface area contributed by atoms with E-state index in [0.29, 0.717) is 16.5 Å². The van der Waals surface area contributed by atoms with E-state index in [9.17, 15) is 22.0 Å². The molecule has 1 aliphatic rings. The van der Waals surface area contributed by atoms with E-state index in [-0.39, 0.29) is 29.5 Å². The SMILES string of the molecule is CN(NC1CCCC(n2c3ccc(F)cc3c3cc(F)ccc32)C1)SOc1ccc(OC(F)(F)F)cc1. The predicted molar refractivity (Wildman–Crippen MR) is 133 cm³/mol. The second-order valence-corrected chi connectivity index (χ2v) is 9.88. The summed E-state index contributed by atoms with van der Waals surface area (Å²) >= 11 is 1.02. The molecule has 1 heterocycles. The largest absolute Gasteiger partial charge is 0.573 e. The number of halogens is 5. The summed E-state index contributed by atoms with van der Waals surface area (Å²) in [5.41, 5.74) is 5.15. The van der Waals surface area contributed by atoms with Crippen LogP contribution in [0.5, 0.6) is 11.5 Å². The lowest BCUT2D eigenvalue weighted by atomic mass is 9.91. The van der Waals surface area contributed by atoms with E-state index >= 15 is 0 Å². The van der Waals surface area contributed by atoms with Crippen molar-refractivity contribution in [1.29, 1.82) is 0 Å². The molecule has 0 spiro atoms. The molecule has 1 aromatic heterocycles. The van der Waals surface area contributed by atoms with Gasteiger partial charge in [-0.1, -0.05) is 0 Å². The molecule has 0 bridgehead atoms. The normalized spacial score (nSPS) is 18.6. The van der Waals surface area contributed by atoms with E-state index in [4.69, 9.17) is 4.18 Å². The fourth-order valence-electron chi connectivity index (χ4n) is 4.98. The summed E-state index contributed by atoms with van der Waals surface area (Å²) in [7, 11) is 1.79. The first-order chi connectivity index (χ1) is 17.7. The Bertz CT molecular complexity index is 1330. The van der Waals surface area contributed by atoms with Gasteiger partial charge in [-0.3, -0.25) is 0 Å². The highest BCUT2D eigenvalue weighted by molar-refractivity contribution is 7.92. The van der Waals surface area contributed by atoms with E-state index in [2.05, 4.69) is 14.7 Å². The van der Waals surface area contributed by atoms with Gasteiger partial charge in [0.15, 0.2) is 12.2 Å². The third-order valence-electron chi connectivity index (χ3n) is 6.41. The van der Waals surface area contributed by atoms with Crippen LogP contribution in [0.4, 0.5) is 22.0 Å². The Morgan fingerprint density at radius 1 is 0.892 bits per heavy atom. The Balaban J connectivity index is 1.25. The Morgan fingerprint density at radius 3 is 2.08 bits per heavy atom. The van der Waals surface area contributed by atoms with Crippen LogP contribution in [0.1, 0.15) is 31.7 Å². The molecule has 5 rings (SSSR count). The number of rotatable bonds is 7. The quantitative estimate of drug-likeness (QED) is 0.114. The smallest absolute Gasteiger partial charge is 0.409 e. The van der Waals surface area contributed by atoms with Crippen LogP contribution < -0.4 is 14.3 Å². The highest BCUT2D eigenvalue weighted by Crippen LogP contribution is 2.38. The van der Waals surface area contributed by atoms with Crippen LogP contribution in [0, 0.1) is 11.6 Å². The minimum absolute atomic E-state index is 0.121. The molecule has 5 nitrogen and oxygen atoms in total. The summed E-state index contributed by atoms with van der Waals surface area (Å²) in [4.78, 5) is 0. The molecular formula is C26H24F5N3O2S. The molecule has 1 aliphatic carbocycles. The number of fused-ring (bicyclic) bond motifs is 3. The molecule has 1 fully saturated rings. The lowest BCUT2D eigenvalue weighted by molar-refractivity contribution is -0.274. The van der Waals surface area contributed by atoms with Crippen LogP contribution >= 0.6 is 12.2 Å². The number of hydrogen-bond acceptors (Lipinski definition) is 5. The summed E-state index contributed by atoms with van der Waals surface area (Å²) in [5, 5.41) is 1.38. The Hall–Kier alpha value is -3.02. The number of hydrazine groups is 1. The topological polar surface area (TPSA) is 38.7 Å². The number of benzene rings is 3. The molecule has 11 heteroatoms. The zero-order valence-corrected chi connectivity index (χ0v) is 20.6. The van der Waals surface area contributed by atoms with E-state index in [0.717, 1.165) is 48.9 Å². The predicted octanol–water partition coefficient (Wildman–Crippen LogP) is 7.53. The Kier molecular flexibility index (Phi) is 7.19. The average Bonchev–Trinajstić information content (AvgIpc) is 3.15. The highest BCUT2D eigenvalue weighted by atomic mass is 32.2. The van der Waals surface area contributed by atoms with Crippen LogP contribution in [-0.2, 0) is 0 Å². The molecule has 3 aromatic carbocycles. The third-order valence-corrected chi connectivity index (χ3v) is 7.00. The highest BCUT2D eigenvalue weighted by Gasteiger charge is 2.31. The fourth-order valence-corrected chi connectivity index (χ4v) is 5.48. The van der Waals surface area contributed by atoms with Crippen molar-refractivity contribution in [3.63, 3.8) is 0 Å². The molecule has 2 unspecified atom stereocenters. The number of hydrogen-bond donors (Lipinski definition) is 1. The number of aromatic nitrogens is 1. The second kappa shape index (κ2) is 10.4. The molecule has 0 saturated heterocycles. The Labute approximate surface area is 214 Å². The van der Waals surface area contributed by atoms with Gasteiger partial charge in [0, 0.05) is 40.9 Å². The maximum absolute atomic E-state index is 14.0. The van der Waals surface area contributed by atoms with Crippen molar-refractivity contribution in [2.75, 3.05) is 7.05 Å². The van der Waals surface area contributed by atoms with Gasteiger partial charge in [-0.25, -0.2) is 14.2 Å². The minimum atomic E-state index is -4.75. The van der Waals surface area contributed by atoms with Crippen molar-refractivity contribution >= 4 is 34.0 Å². The zero-order chi connectivity index (χ0) is 26.2. The summed E-state index contributed by atoms with van der Waals surface area (Å²) < 4.78 is 78.3. The molecule has 4 aromatic rings. The van der Waals surface area contributed by atoms with E-state index in [1.807, 2.05) is 0 Å². The first-order valence-electron chi connectivity index (χ1n) is 11.8. The molecule has 37 heavy (non-hydrogen) atoms. The van der Waals surface area contributed by atoms with Crippen molar-refractivity contribution in [1.82, 2.24) is 14.4 Å². The fraction of sp³-hybridized carbons (Fsp3) is 0.308. The van der Waals surface area contributed by atoms with Crippen LogP contribution in [-0.4, -0.2) is 28.4 Å². The molecule has 2 atom stereocenters. The van der Waals surface area contributed by atoms with E-state index in [1.165, 1.54) is 48.5 Å². The molecule has 0 aliphatic heterocycles. The first kappa shape index (κ1) is 25.6. The van der Waals surface area contributed by atoms with Gasteiger partial charge >= 0.3 is 6.36 Å². The molecule has 0 amide bonds. The monoisotopic (exact) mass is 537 g/mol. The maximum Gasteiger partial charge on any atom is 0.573 e. The molecule has 196 valence electrons. The summed E-state index contributed by atoms with van der Waals surface area (Å²) in [6, 6.07) is 14.7. The molecule has 1 saturated carbocycles. The van der Waals surface area contributed by atoms with Crippen molar-refractivity contribution < 1.29 is 30.9 Å². The van der Waals surface area contributed by atoms with Crippen LogP contribution in [0.25, 0.3) is 21.8 Å². The van der Waals surface area contributed by atoms with Crippen molar-refractivity contribution in [3.05, 3.63) is 72.3 Å². The number of ether oxygens (including phenoxy) is 1. The van der Waals surface area contributed by atoms with Gasteiger partial charge in [0.2, 0.25) is 0 Å². The number of nitrogens with zero attached hydrogens (tertiary/aromatic N) is 2. The lowest BCUT2D eigenvalue weighted by Gasteiger charge is -2.33. The van der Waals surface area contributed by atoms with Gasteiger partial charge in [0.25, 0.3) is 0 Å². The van der Waals surface area contributed by atoms with Gasteiger partial charge < -0.3 is 13.5 Å². The van der Waals surface area contributed by atoms with Crippen LogP contribution in [0.2, 0.25) is 0 Å². The van der Waals surface area contributed by atoms with E-state index < -0.39 is 6.36 Å². The standard InChI is InChI=1S/C26H24F5N3O2S/c1-33(37-36-21-9-7-20(8-10-21)35-26(29,30)31)32-18-3-2-4-19(15-18)34-24-11-5-16(27)13-22(24)23-14-17(28)6-12-25(23)34/h5-14,18-19,32H,2-4,15H2,1H3. The van der Waals surface area contributed by atoms with Gasteiger partial charge in [-0.2, -0.15) is 4.41 Å². The molecule has 0 radical (unpaired) electrons. The Morgan fingerprint density at radius 2 is 1.49 bits per heavy atom. The van der Waals surface area contributed by atoms with Crippen LogP contribution in [0.3, 0.4) is 0 Å². The number of nitrogens with one attached hydrogen (secondary N) is 1. The lowest BCUT2D eigenvalue weighted by Crippen LogP contribution is -2.41. The van der Waals surface area contributed by atoms with Gasteiger partial charge in [0.1, 0.15) is 23.1 Å². The van der Waals surface area contributed by atoms with E-state index in [1.54, 1.807) is 23.6 Å². The first-order valence-corrected chi connectivity index (χ1v) is 12.5. The zero-order valence-electron chi connectivity index (χ0n) is 19.8. The van der Waals surface area contributed by atoms with Gasteiger partial charge in [0.05, 0.1) is 0 Å². The van der Waals surface area contributed by atoms with Gasteiger partial charge in [-0.05, 0) is 86.3 Å². The molecule has 1 N–H and O–H groups in total. The van der Waals surface area contributed by atoms with Crippen molar-refractivity contribution in [3.8, 4) is 11.5 Å². The van der Waals surface area contributed by atoms with Crippen LogP contribution in [0.15, 0.2) is 60.7 Å². The number of alkyl halides is 3. The van der Waals surface area contributed by atoms with Crippen molar-refractivity contribution in [2.24, 2.45) is 0 Å². The summed E-state index contributed by atoms with van der Waals surface area (Å²) in [6.45, 7) is 0. The maximum atomic E-state index is 14.0. The second-order valence-electron chi connectivity index (χ2n) is 9.01. The summed E-state index contributed by atoms with van der Waals surface area (Å²) in [5.74, 6) is -0.667. The average molecular weight is 538 g/mol. The van der Waals surface area contributed by atoms with Crippen molar-refractivity contribution in [2.45, 2.75) is 44.1 Å². The summed E-state index contributed by atoms with van der Waals surface area (Å²) in [6.07, 6.45) is -1.12. The molecular weight excluding hydrogens is 513 g/mol. The van der Waals surface area contributed by atoms with Gasteiger partial charge in [-0.15, -0.1) is 13.2 Å².